The molecular formula is C22H27N3O2. The van der Waals surface area contributed by atoms with Gasteiger partial charge in [-0.15, -0.1) is 0 Å². The first-order chi connectivity index (χ1) is 13.0. The Kier molecular flexibility index (Phi) is 5.91. The molecule has 0 saturated heterocycles. The van der Waals surface area contributed by atoms with E-state index in [2.05, 4.69) is 29.7 Å². The van der Waals surface area contributed by atoms with Crippen LogP contribution in [0.3, 0.4) is 0 Å². The summed E-state index contributed by atoms with van der Waals surface area (Å²) < 4.78 is 0. The van der Waals surface area contributed by atoms with Crippen LogP contribution in [0.5, 0.6) is 0 Å². The molecule has 5 heteroatoms. The van der Waals surface area contributed by atoms with Crippen molar-refractivity contribution in [2.24, 2.45) is 0 Å². The van der Waals surface area contributed by atoms with E-state index in [0.717, 1.165) is 28.8 Å². The normalized spacial score (nSPS) is 17.8. The number of rotatable bonds is 5. The minimum absolute atomic E-state index is 0.0557. The molecule has 0 spiro atoms. The first-order valence-electron chi connectivity index (χ1n) is 9.42. The number of hydrogen-bond donors (Lipinski definition) is 2. The zero-order valence-corrected chi connectivity index (χ0v) is 16.2. The molecule has 0 bridgehead atoms. The number of nitrogens with one attached hydrogen (secondary N) is 2. The topological polar surface area (TPSA) is 61.4 Å². The summed E-state index contributed by atoms with van der Waals surface area (Å²) in [6.45, 7) is 4.34. The van der Waals surface area contributed by atoms with Crippen molar-refractivity contribution in [2.75, 3.05) is 11.9 Å². The van der Waals surface area contributed by atoms with Crippen molar-refractivity contribution in [3.05, 3.63) is 65.2 Å². The van der Waals surface area contributed by atoms with Crippen molar-refractivity contribution >= 4 is 17.5 Å². The van der Waals surface area contributed by atoms with Gasteiger partial charge < -0.3 is 15.5 Å². The fourth-order valence-electron chi connectivity index (χ4n) is 3.40. The maximum Gasteiger partial charge on any atom is 0.249 e. The summed E-state index contributed by atoms with van der Waals surface area (Å²) in [4.78, 5) is 27.5. The predicted octanol–water partition coefficient (Wildman–Crippen LogP) is 2.57. The SMILES string of the molecule is CN[C@@H](C)C(=O)N[C@H]1CCc2ccccc2N(Cc2ccccc2C)C1=O. The van der Waals surface area contributed by atoms with Crippen molar-refractivity contribution in [1.29, 1.82) is 0 Å². The quantitative estimate of drug-likeness (QED) is 0.856. The molecule has 5 nitrogen and oxygen atoms in total. The molecule has 0 aliphatic carbocycles. The maximum atomic E-state index is 13.4. The van der Waals surface area contributed by atoms with Crippen molar-refractivity contribution < 1.29 is 9.59 Å². The zero-order chi connectivity index (χ0) is 19.4. The molecule has 2 amide bonds. The van der Waals surface area contributed by atoms with Crippen LogP contribution in [-0.2, 0) is 22.6 Å². The number of carbonyl (C=O) groups excluding carboxylic acids is 2. The summed E-state index contributed by atoms with van der Waals surface area (Å²) >= 11 is 0. The molecule has 1 heterocycles. The highest BCUT2D eigenvalue weighted by Crippen LogP contribution is 2.29. The Morgan fingerprint density at radius 2 is 1.89 bits per heavy atom. The van der Waals surface area contributed by atoms with Gasteiger partial charge in [-0.2, -0.15) is 0 Å². The highest BCUT2D eigenvalue weighted by molar-refractivity contribution is 6.00. The fraction of sp³-hybridized carbons (Fsp3) is 0.364. The number of carbonyl (C=O) groups is 2. The average molecular weight is 365 g/mol. The number of nitrogens with zero attached hydrogens (tertiary/aromatic N) is 1. The zero-order valence-electron chi connectivity index (χ0n) is 16.2. The highest BCUT2D eigenvalue weighted by atomic mass is 16.2. The Balaban J connectivity index is 1.92. The third kappa shape index (κ3) is 4.19. The largest absolute Gasteiger partial charge is 0.343 e. The molecule has 3 rings (SSSR count). The van der Waals surface area contributed by atoms with E-state index in [1.807, 2.05) is 41.3 Å². The average Bonchev–Trinajstić information content (AvgIpc) is 2.81. The number of fused-ring (bicyclic) bond motifs is 1. The molecule has 1 aliphatic heterocycles. The summed E-state index contributed by atoms with van der Waals surface area (Å²) in [5, 5.41) is 5.86. The lowest BCUT2D eigenvalue weighted by molar-refractivity contribution is -0.128. The second-order valence-corrected chi connectivity index (χ2v) is 7.09. The lowest BCUT2D eigenvalue weighted by Gasteiger charge is -2.27. The maximum absolute atomic E-state index is 13.4. The molecule has 27 heavy (non-hydrogen) atoms. The van der Waals surface area contributed by atoms with Gasteiger partial charge in [0.25, 0.3) is 0 Å². The van der Waals surface area contributed by atoms with Crippen LogP contribution in [-0.4, -0.2) is 30.9 Å². The van der Waals surface area contributed by atoms with Crippen molar-refractivity contribution in [2.45, 2.75) is 45.3 Å². The van der Waals surface area contributed by atoms with Gasteiger partial charge in [0.2, 0.25) is 11.8 Å². The second kappa shape index (κ2) is 8.35. The molecule has 2 N–H and O–H groups in total. The van der Waals surface area contributed by atoms with Crippen LogP contribution >= 0.6 is 0 Å². The molecule has 0 unspecified atom stereocenters. The summed E-state index contributed by atoms with van der Waals surface area (Å²) in [5.74, 6) is -0.211. The Hall–Kier alpha value is -2.66. The van der Waals surface area contributed by atoms with Crippen LogP contribution < -0.4 is 15.5 Å². The molecule has 2 aromatic carbocycles. The van der Waals surface area contributed by atoms with Crippen molar-refractivity contribution in [1.82, 2.24) is 10.6 Å². The summed E-state index contributed by atoms with van der Waals surface area (Å²) in [7, 11) is 1.74. The Bertz CT molecular complexity index is 834. The number of anilines is 1. The van der Waals surface area contributed by atoms with E-state index in [1.54, 1.807) is 14.0 Å². The summed E-state index contributed by atoms with van der Waals surface area (Å²) in [6, 6.07) is 15.2. The summed E-state index contributed by atoms with van der Waals surface area (Å²) in [6.07, 6.45) is 1.35. The Morgan fingerprint density at radius 1 is 1.19 bits per heavy atom. The number of amides is 2. The van der Waals surface area contributed by atoms with E-state index in [-0.39, 0.29) is 17.9 Å². The minimum atomic E-state index is -0.523. The third-order valence-corrected chi connectivity index (χ3v) is 5.28. The molecule has 0 fully saturated rings. The van der Waals surface area contributed by atoms with Crippen LogP contribution in [0.2, 0.25) is 0 Å². The van der Waals surface area contributed by atoms with Crippen LogP contribution in [0, 0.1) is 6.92 Å². The van der Waals surface area contributed by atoms with Crippen LogP contribution in [0.1, 0.15) is 30.0 Å². The van der Waals surface area contributed by atoms with E-state index >= 15 is 0 Å². The first kappa shape index (κ1) is 19.1. The van der Waals surface area contributed by atoms with E-state index in [4.69, 9.17) is 0 Å². The molecule has 0 saturated carbocycles. The van der Waals surface area contributed by atoms with E-state index < -0.39 is 6.04 Å². The smallest absolute Gasteiger partial charge is 0.249 e. The van der Waals surface area contributed by atoms with Crippen LogP contribution in [0.25, 0.3) is 0 Å². The molecular weight excluding hydrogens is 338 g/mol. The van der Waals surface area contributed by atoms with Gasteiger partial charge in [0.15, 0.2) is 0 Å². The number of benzene rings is 2. The standard InChI is InChI=1S/C22H27N3O2/c1-15-8-4-5-10-18(15)14-25-20-11-7-6-9-17(20)12-13-19(22(25)27)24-21(26)16(2)23-3/h4-11,16,19,23H,12-14H2,1-3H3,(H,24,26)/t16-,19-/m0/s1. The Morgan fingerprint density at radius 3 is 2.63 bits per heavy atom. The second-order valence-electron chi connectivity index (χ2n) is 7.09. The van der Waals surface area contributed by atoms with Gasteiger partial charge in [0, 0.05) is 5.69 Å². The molecule has 2 atom stereocenters. The van der Waals surface area contributed by atoms with Gasteiger partial charge in [-0.1, -0.05) is 42.5 Å². The lowest BCUT2D eigenvalue weighted by atomic mass is 10.1. The first-order valence-corrected chi connectivity index (χ1v) is 9.42. The van der Waals surface area contributed by atoms with Gasteiger partial charge >= 0.3 is 0 Å². The minimum Gasteiger partial charge on any atom is -0.343 e. The molecule has 2 aromatic rings. The van der Waals surface area contributed by atoms with Crippen molar-refractivity contribution in [3.63, 3.8) is 0 Å². The van der Waals surface area contributed by atoms with E-state index in [0.29, 0.717) is 13.0 Å². The summed E-state index contributed by atoms with van der Waals surface area (Å²) in [5.41, 5.74) is 4.33. The number of hydrogen-bond acceptors (Lipinski definition) is 3. The van der Waals surface area contributed by atoms with Gasteiger partial charge in [-0.25, -0.2) is 0 Å². The van der Waals surface area contributed by atoms with Crippen LogP contribution in [0.4, 0.5) is 5.69 Å². The molecule has 0 radical (unpaired) electrons. The number of aryl methyl sites for hydroxylation is 2. The molecule has 142 valence electrons. The highest BCUT2D eigenvalue weighted by Gasteiger charge is 2.32. The monoisotopic (exact) mass is 365 g/mol. The van der Waals surface area contributed by atoms with E-state index in [9.17, 15) is 9.59 Å². The predicted molar refractivity (Wildman–Crippen MR) is 108 cm³/mol. The van der Waals surface area contributed by atoms with Gasteiger partial charge in [-0.05, 0) is 56.5 Å². The van der Waals surface area contributed by atoms with E-state index in [1.165, 1.54) is 0 Å². The van der Waals surface area contributed by atoms with Gasteiger partial charge in [-0.3, -0.25) is 9.59 Å². The Labute approximate surface area is 160 Å². The number of likely N-dealkylation sites (N-methyl/N-ethyl adjacent to an activating group) is 1. The van der Waals surface area contributed by atoms with Gasteiger partial charge in [0.05, 0.1) is 12.6 Å². The molecule has 0 aromatic heterocycles. The fourth-order valence-corrected chi connectivity index (χ4v) is 3.40. The third-order valence-electron chi connectivity index (χ3n) is 5.28. The molecule has 1 aliphatic rings. The van der Waals surface area contributed by atoms with Crippen LogP contribution in [0.15, 0.2) is 48.5 Å². The van der Waals surface area contributed by atoms with Crippen molar-refractivity contribution in [3.8, 4) is 0 Å². The van der Waals surface area contributed by atoms with Gasteiger partial charge in [0.1, 0.15) is 6.04 Å². The number of para-hydroxylation sites is 1. The lowest BCUT2D eigenvalue weighted by Crippen LogP contribution is -2.52.